The molecule has 1 N–H and O–H groups in total. The van der Waals surface area contributed by atoms with E-state index in [1.165, 1.54) is 30.3 Å². The Bertz CT molecular complexity index is 1340. The summed E-state index contributed by atoms with van der Waals surface area (Å²) in [5.41, 5.74) is -1.07. The van der Waals surface area contributed by atoms with Crippen LogP contribution in [0.1, 0.15) is 12.0 Å². The van der Waals surface area contributed by atoms with Crippen LogP contribution in [0.2, 0.25) is 10.0 Å². The maximum Gasteiger partial charge on any atom is 0.419 e. The van der Waals surface area contributed by atoms with E-state index in [9.17, 15) is 21.6 Å². The van der Waals surface area contributed by atoms with Gasteiger partial charge in [0.15, 0.2) is 0 Å². The van der Waals surface area contributed by atoms with Crippen molar-refractivity contribution in [1.29, 1.82) is 0 Å². The van der Waals surface area contributed by atoms with Crippen LogP contribution in [0.3, 0.4) is 0 Å². The topological polar surface area (TPSA) is 80.8 Å². The summed E-state index contributed by atoms with van der Waals surface area (Å²) in [7, 11) is -2.33. The first-order chi connectivity index (χ1) is 16.9. The lowest BCUT2D eigenvalue weighted by Crippen LogP contribution is -2.23. The molecule has 7 nitrogen and oxygen atoms in total. The molecule has 1 atom stereocenters. The molecule has 2 aromatic carbocycles. The zero-order chi connectivity index (χ0) is 26.1. The molecule has 0 spiro atoms. The van der Waals surface area contributed by atoms with Gasteiger partial charge in [-0.15, -0.1) is 0 Å². The molecule has 192 valence electrons. The molecule has 0 radical (unpaired) electrons. The Balaban J connectivity index is 1.52. The monoisotopic (exact) mass is 561 g/mol. The number of halogens is 5. The highest BCUT2D eigenvalue weighted by atomic mass is 35.5. The molecule has 1 aromatic heterocycles. The number of hydrogen-bond donors (Lipinski definition) is 1. The minimum atomic E-state index is -4.66. The number of pyridine rings is 1. The number of likely N-dealkylation sites (N-methyl/N-ethyl adjacent to an activating group) is 1. The second kappa shape index (κ2) is 10.3. The number of hydrogen-bond acceptors (Lipinski definition) is 6. The lowest BCUT2D eigenvalue weighted by atomic mass is 10.1. The molecule has 0 amide bonds. The molecule has 13 heteroatoms. The number of ether oxygens (including phenoxy) is 2. The van der Waals surface area contributed by atoms with E-state index in [1.807, 2.05) is 11.9 Å². The largest absolute Gasteiger partial charge is 0.488 e. The molecule has 0 unspecified atom stereocenters. The highest BCUT2D eigenvalue weighted by Gasteiger charge is 2.36. The van der Waals surface area contributed by atoms with Crippen LogP contribution < -0.4 is 14.2 Å². The number of alkyl halides is 3. The molecule has 0 saturated carbocycles. The maximum atomic E-state index is 13.5. The Labute approximate surface area is 215 Å². The van der Waals surface area contributed by atoms with Crippen LogP contribution in [0, 0.1) is 0 Å². The van der Waals surface area contributed by atoms with Gasteiger partial charge in [-0.2, -0.15) is 13.2 Å². The third-order valence-electron chi connectivity index (χ3n) is 5.26. The number of aromatic nitrogens is 1. The van der Waals surface area contributed by atoms with E-state index in [0.717, 1.165) is 24.4 Å². The SMILES string of the molecule is CN1CC[C@@H](Oc2cc(NS(=O)(=O)c3ccc(Oc4cc(Cl)cc(Cl)c4)nc3)ccc2C(F)(F)F)C1. The lowest BCUT2D eigenvalue weighted by Gasteiger charge is -2.19. The molecule has 36 heavy (non-hydrogen) atoms. The summed E-state index contributed by atoms with van der Waals surface area (Å²) in [6.07, 6.45) is -3.48. The van der Waals surface area contributed by atoms with Crippen molar-refractivity contribution in [3.05, 3.63) is 70.3 Å². The molecule has 1 fully saturated rings. The summed E-state index contributed by atoms with van der Waals surface area (Å²) < 4.78 is 79.6. The number of likely N-dealkylation sites (tertiary alicyclic amines) is 1. The molecule has 2 heterocycles. The van der Waals surface area contributed by atoms with Crippen molar-refractivity contribution in [3.8, 4) is 17.4 Å². The Kier molecular flexibility index (Phi) is 7.56. The van der Waals surface area contributed by atoms with Crippen molar-refractivity contribution in [2.24, 2.45) is 0 Å². The van der Waals surface area contributed by atoms with Gasteiger partial charge < -0.3 is 14.4 Å². The molecule has 0 aliphatic carbocycles. The fourth-order valence-electron chi connectivity index (χ4n) is 3.60. The summed E-state index contributed by atoms with van der Waals surface area (Å²) >= 11 is 11.9. The maximum absolute atomic E-state index is 13.5. The molecular weight excluding hydrogens is 542 g/mol. The van der Waals surface area contributed by atoms with Crippen LogP contribution in [0.25, 0.3) is 0 Å². The smallest absolute Gasteiger partial charge is 0.419 e. The third-order valence-corrected chi connectivity index (χ3v) is 7.06. The summed E-state index contributed by atoms with van der Waals surface area (Å²) in [6, 6.07) is 9.96. The van der Waals surface area contributed by atoms with Gasteiger partial charge in [0.1, 0.15) is 22.5 Å². The average Bonchev–Trinajstić information content (AvgIpc) is 3.17. The fraction of sp³-hybridized carbons (Fsp3) is 0.261. The Hall–Kier alpha value is -2.73. The molecule has 1 saturated heterocycles. The molecule has 3 aromatic rings. The Morgan fingerprint density at radius 1 is 1.08 bits per heavy atom. The predicted molar refractivity (Wildman–Crippen MR) is 130 cm³/mol. The van der Waals surface area contributed by atoms with Crippen LogP contribution in [0.15, 0.2) is 59.6 Å². The summed E-state index contributed by atoms with van der Waals surface area (Å²) in [6.45, 7) is 1.16. The van der Waals surface area contributed by atoms with Crippen LogP contribution in [0.4, 0.5) is 18.9 Å². The Morgan fingerprint density at radius 2 is 1.81 bits per heavy atom. The number of benzene rings is 2. The van der Waals surface area contributed by atoms with Crippen molar-refractivity contribution in [2.75, 3.05) is 24.9 Å². The van der Waals surface area contributed by atoms with Crippen LogP contribution in [-0.4, -0.2) is 44.5 Å². The molecule has 1 aliphatic heterocycles. The summed E-state index contributed by atoms with van der Waals surface area (Å²) in [4.78, 5) is 5.69. The van der Waals surface area contributed by atoms with Crippen molar-refractivity contribution in [1.82, 2.24) is 9.88 Å². The molecular formula is C23H20Cl2F3N3O4S. The normalized spacial score (nSPS) is 16.7. The number of sulfonamides is 1. The van der Waals surface area contributed by atoms with E-state index in [4.69, 9.17) is 32.7 Å². The fourth-order valence-corrected chi connectivity index (χ4v) is 5.10. The van der Waals surface area contributed by atoms with Crippen molar-refractivity contribution >= 4 is 38.9 Å². The number of rotatable bonds is 7. The first-order valence-corrected chi connectivity index (χ1v) is 12.8. The van der Waals surface area contributed by atoms with E-state index in [2.05, 4.69) is 9.71 Å². The van der Waals surface area contributed by atoms with Gasteiger partial charge in [-0.1, -0.05) is 23.2 Å². The van der Waals surface area contributed by atoms with Gasteiger partial charge in [0, 0.05) is 35.3 Å². The molecule has 0 bridgehead atoms. The van der Waals surface area contributed by atoms with E-state index >= 15 is 0 Å². The number of nitrogens with zero attached hydrogens (tertiary/aromatic N) is 2. The minimum Gasteiger partial charge on any atom is -0.488 e. The van der Waals surface area contributed by atoms with E-state index in [1.54, 1.807) is 0 Å². The van der Waals surface area contributed by atoms with Gasteiger partial charge in [-0.05, 0) is 49.9 Å². The Morgan fingerprint density at radius 3 is 2.39 bits per heavy atom. The van der Waals surface area contributed by atoms with Gasteiger partial charge in [0.05, 0.1) is 17.4 Å². The predicted octanol–water partition coefficient (Wildman–Crippen LogP) is 6.08. The average molecular weight is 562 g/mol. The van der Waals surface area contributed by atoms with Crippen molar-refractivity contribution in [2.45, 2.75) is 23.6 Å². The second-order valence-corrected chi connectivity index (χ2v) is 10.7. The van der Waals surface area contributed by atoms with Gasteiger partial charge in [0.2, 0.25) is 5.88 Å². The zero-order valence-corrected chi connectivity index (χ0v) is 21.0. The van der Waals surface area contributed by atoms with Crippen molar-refractivity contribution < 1.29 is 31.1 Å². The van der Waals surface area contributed by atoms with E-state index in [0.29, 0.717) is 35.3 Å². The standard InChI is InChI=1S/C23H20Cl2F3N3O4S/c1-31-7-6-17(13-31)34-21-11-16(2-4-20(21)23(26,27)28)30-36(32,33)19-3-5-22(29-12-19)35-18-9-14(24)8-15(25)10-18/h2-5,8-12,17,30H,6-7,13H2,1H3/t17-/m1/s1. The summed E-state index contributed by atoms with van der Waals surface area (Å²) in [5.74, 6) is -0.0523. The van der Waals surface area contributed by atoms with Gasteiger partial charge >= 0.3 is 6.18 Å². The highest BCUT2D eigenvalue weighted by Crippen LogP contribution is 2.39. The quantitative estimate of drug-likeness (QED) is 0.376. The van der Waals surface area contributed by atoms with Crippen LogP contribution >= 0.6 is 23.2 Å². The van der Waals surface area contributed by atoms with E-state index < -0.39 is 33.6 Å². The summed E-state index contributed by atoms with van der Waals surface area (Å²) in [5, 5.41) is 0.696. The van der Waals surface area contributed by atoms with Crippen molar-refractivity contribution in [3.63, 3.8) is 0 Å². The first-order valence-electron chi connectivity index (χ1n) is 10.6. The van der Waals surface area contributed by atoms with E-state index in [-0.39, 0.29) is 16.5 Å². The van der Waals surface area contributed by atoms with Gasteiger partial charge in [0.25, 0.3) is 10.0 Å². The zero-order valence-electron chi connectivity index (χ0n) is 18.7. The lowest BCUT2D eigenvalue weighted by molar-refractivity contribution is -0.139. The van der Waals surface area contributed by atoms with Crippen LogP contribution in [-0.2, 0) is 16.2 Å². The third kappa shape index (κ3) is 6.52. The second-order valence-electron chi connectivity index (χ2n) is 8.14. The van der Waals surface area contributed by atoms with Gasteiger partial charge in [-0.25, -0.2) is 13.4 Å². The number of anilines is 1. The minimum absolute atomic E-state index is 0.0824. The first kappa shape index (κ1) is 26.3. The van der Waals surface area contributed by atoms with Crippen LogP contribution in [0.5, 0.6) is 17.4 Å². The van der Waals surface area contributed by atoms with Gasteiger partial charge in [-0.3, -0.25) is 4.72 Å². The molecule has 4 rings (SSSR count). The molecule has 1 aliphatic rings. The number of nitrogens with one attached hydrogen (secondary N) is 1. The highest BCUT2D eigenvalue weighted by molar-refractivity contribution is 7.92.